The minimum atomic E-state index is -3.80. The summed E-state index contributed by atoms with van der Waals surface area (Å²) in [7, 11) is -3.80. The van der Waals surface area contributed by atoms with E-state index in [1.807, 2.05) is 31.2 Å². The van der Waals surface area contributed by atoms with Gasteiger partial charge in [0.05, 0.1) is 11.9 Å². The fourth-order valence-corrected chi connectivity index (χ4v) is 5.57. The summed E-state index contributed by atoms with van der Waals surface area (Å²) in [6.45, 7) is 3.21. The van der Waals surface area contributed by atoms with Gasteiger partial charge in [-0.3, -0.25) is 13.9 Å². The third-order valence-electron chi connectivity index (χ3n) is 6.51. The van der Waals surface area contributed by atoms with Crippen molar-refractivity contribution in [3.8, 4) is 0 Å². The summed E-state index contributed by atoms with van der Waals surface area (Å²) in [5, 5.41) is 3.49. The summed E-state index contributed by atoms with van der Waals surface area (Å²) < 4.78 is 27.3. The van der Waals surface area contributed by atoms with E-state index in [2.05, 4.69) is 21.2 Å². The van der Waals surface area contributed by atoms with Crippen molar-refractivity contribution in [2.75, 3.05) is 17.1 Å². The molecule has 0 aromatic heterocycles. The molecule has 36 heavy (non-hydrogen) atoms. The molecular formula is C26H33BrClN3O4S. The van der Waals surface area contributed by atoms with E-state index in [9.17, 15) is 18.0 Å². The van der Waals surface area contributed by atoms with Crippen LogP contribution < -0.4 is 9.62 Å². The second-order valence-electron chi connectivity index (χ2n) is 9.37. The van der Waals surface area contributed by atoms with Crippen molar-refractivity contribution < 1.29 is 18.0 Å². The van der Waals surface area contributed by atoms with Gasteiger partial charge in [0, 0.05) is 22.1 Å². The van der Waals surface area contributed by atoms with Crippen LogP contribution in [0.3, 0.4) is 0 Å². The van der Waals surface area contributed by atoms with Gasteiger partial charge in [0.25, 0.3) is 0 Å². The number of aryl methyl sites for hydroxylation is 1. The molecule has 1 fully saturated rings. The maximum absolute atomic E-state index is 13.6. The van der Waals surface area contributed by atoms with Crippen molar-refractivity contribution in [2.45, 2.75) is 64.6 Å². The number of carbonyl (C=O) groups is 2. The Morgan fingerprint density at radius 2 is 1.75 bits per heavy atom. The Labute approximate surface area is 227 Å². The van der Waals surface area contributed by atoms with Crippen LogP contribution in [0.25, 0.3) is 0 Å². The molecular weight excluding hydrogens is 566 g/mol. The zero-order chi connectivity index (χ0) is 26.5. The quantitative estimate of drug-likeness (QED) is 0.438. The van der Waals surface area contributed by atoms with Crippen LogP contribution in [-0.4, -0.2) is 50.0 Å². The van der Waals surface area contributed by atoms with Gasteiger partial charge in [-0.1, -0.05) is 65.0 Å². The maximum Gasteiger partial charge on any atom is 0.244 e. The molecule has 0 aliphatic heterocycles. The van der Waals surface area contributed by atoms with Crippen molar-refractivity contribution in [3.63, 3.8) is 0 Å². The molecule has 2 amide bonds. The van der Waals surface area contributed by atoms with Crippen LogP contribution in [0.2, 0.25) is 5.02 Å². The first kappa shape index (κ1) is 28.5. The van der Waals surface area contributed by atoms with Crippen molar-refractivity contribution >= 4 is 55.1 Å². The number of benzene rings is 2. The normalized spacial score (nSPS) is 15.2. The third kappa shape index (κ3) is 7.70. The molecule has 0 spiro atoms. The fraction of sp³-hybridized carbons (Fsp3) is 0.462. The van der Waals surface area contributed by atoms with Crippen LogP contribution in [0.5, 0.6) is 0 Å². The molecule has 1 saturated carbocycles. The van der Waals surface area contributed by atoms with E-state index in [4.69, 9.17) is 11.6 Å². The Bertz CT molecular complexity index is 1180. The summed E-state index contributed by atoms with van der Waals surface area (Å²) in [5.41, 5.74) is 1.92. The molecule has 1 aliphatic carbocycles. The van der Waals surface area contributed by atoms with Gasteiger partial charge in [0.1, 0.15) is 12.6 Å². The molecule has 10 heteroatoms. The molecule has 0 radical (unpaired) electrons. The highest BCUT2D eigenvalue weighted by atomic mass is 79.9. The zero-order valence-electron chi connectivity index (χ0n) is 20.8. The van der Waals surface area contributed by atoms with Gasteiger partial charge < -0.3 is 10.2 Å². The molecule has 1 atom stereocenters. The molecule has 0 saturated heterocycles. The molecule has 1 aliphatic rings. The lowest BCUT2D eigenvalue weighted by molar-refractivity contribution is -0.139. The second-order valence-corrected chi connectivity index (χ2v) is 12.6. The van der Waals surface area contributed by atoms with Crippen molar-refractivity contribution in [2.24, 2.45) is 0 Å². The first-order chi connectivity index (χ1) is 17.0. The Balaban J connectivity index is 1.87. The SMILES string of the molecule is Cc1ccc(N(CC(=O)N(Cc2ccc(Br)cc2)C(C)C(=O)NC2CCCCC2)S(C)(=O)=O)cc1Cl. The number of carbonyl (C=O) groups excluding carboxylic acids is 2. The van der Waals surface area contributed by atoms with E-state index >= 15 is 0 Å². The average Bonchev–Trinajstić information content (AvgIpc) is 2.83. The second kappa shape index (κ2) is 12.4. The van der Waals surface area contributed by atoms with Gasteiger partial charge in [-0.05, 0) is 62.1 Å². The minimum Gasteiger partial charge on any atom is -0.352 e. The molecule has 1 unspecified atom stereocenters. The van der Waals surface area contributed by atoms with Gasteiger partial charge in [-0.25, -0.2) is 8.42 Å². The summed E-state index contributed by atoms with van der Waals surface area (Å²) in [4.78, 5) is 28.2. The topological polar surface area (TPSA) is 86.8 Å². The summed E-state index contributed by atoms with van der Waals surface area (Å²) in [5.74, 6) is -0.719. The highest BCUT2D eigenvalue weighted by Crippen LogP contribution is 2.25. The number of nitrogens with one attached hydrogen (secondary N) is 1. The van der Waals surface area contributed by atoms with Crippen LogP contribution >= 0.6 is 27.5 Å². The fourth-order valence-electron chi connectivity index (χ4n) is 4.29. The molecule has 196 valence electrons. The molecule has 2 aromatic carbocycles. The molecule has 1 N–H and O–H groups in total. The van der Waals surface area contributed by atoms with Gasteiger partial charge in [-0.15, -0.1) is 0 Å². The average molecular weight is 599 g/mol. The summed E-state index contributed by atoms with van der Waals surface area (Å²) in [6.07, 6.45) is 6.21. The minimum absolute atomic E-state index is 0.0977. The zero-order valence-corrected chi connectivity index (χ0v) is 24.0. The summed E-state index contributed by atoms with van der Waals surface area (Å²) in [6, 6.07) is 11.6. The van der Waals surface area contributed by atoms with Crippen molar-refractivity contribution in [1.29, 1.82) is 0 Å². The lowest BCUT2D eigenvalue weighted by atomic mass is 9.95. The third-order valence-corrected chi connectivity index (χ3v) is 8.58. The highest BCUT2D eigenvalue weighted by molar-refractivity contribution is 9.10. The first-order valence-corrected chi connectivity index (χ1v) is 15.1. The Hall–Kier alpha value is -2.10. The lowest BCUT2D eigenvalue weighted by Crippen LogP contribution is -2.52. The lowest BCUT2D eigenvalue weighted by Gasteiger charge is -2.33. The Kier molecular flexibility index (Phi) is 9.83. The standard InChI is InChI=1S/C26H33BrClN3O4S/c1-18-9-14-23(15-24(18)28)31(36(3,34)35)17-25(32)30(16-20-10-12-21(27)13-11-20)19(2)26(33)29-22-7-5-4-6-8-22/h9-15,19,22H,4-8,16-17H2,1-3H3,(H,29,33). The predicted molar refractivity (Wildman–Crippen MR) is 148 cm³/mol. The number of hydrogen-bond acceptors (Lipinski definition) is 4. The van der Waals surface area contributed by atoms with E-state index in [1.165, 1.54) is 17.4 Å². The molecule has 2 aromatic rings. The highest BCUT2D eigenvalue weighted by Gasteiger charge is 2.31. The van der Waals surface area contributed by atoms with Crippen LogP contribution in [0.4, 0.5) is 5.69 Å². The van der Waals surface area contributed by atoms with Crippen LogP contribution in [-0.2, 0) is 26.2 Å². The molecule has 3 rings (SSSR count). The summed E-state index contributed by atoms with van der Waals surface area (Å²) >= 11 is 9.65. The van der Waals surface area contributed by atoms with Gasteiger partial charge in [0.2, 0.25) is 21.8 Å². The van der Waals surface area contributed by atoms with Crippen LogP contribution in [0.15, 0.2) is 46.9 Å². The molecule has 0 bridgehead atoms. The number of amides is 2. The van der Waals surface area contributed by atoms with Crippen LogP contribution in [0.1, 0.15) is 50.2 Å². The molecule has 0 heterocycles. The van der Waals surface area contributed by atoms with Gasteiger partial charge in [-0.2, -0.15) is 0 Å². The van der Waals surface area contributed by atoms with Crippen LogP contribution in [0, 0.1) is 6.92 Å². The number of nitrogens with zero attached hydrogens (tertiary/aromatic N) is 2. The van der Waals surface area contributed by atoms with E-state index in [0.717, 1.165) is 51.8 Å². The van der Waals surface area contributed by atoms with E-state index in [0.29, 0.717) is 10.7 Å². The van der Waals surface area contributed by atoms with E-state index in [-0.39, 0.29) is 18.5 Å². The predicted octanol–water partition coefficient (Wildman–Crippen LogP) is 5.04. The van der Waals surface area contributed by atoms with Gasteiger partial charge in [0.15, 0.2) is 0 Å². The molecule has 7 nitrogen and oxygen atoms in total. The number of halogens is 2. The smallest absolute Gasteiger partial charge is 0.244 e. The number of sulfonamides is 1. The van der Waals surface area contributed by atoms with Crippen molar-refractivity contribution in [3.05, 3.63) is 63.1 Å². The number of rotatable bonds is 9. The first-order valence-electron chi connectivity index (χ1n) is 12.0. The van der Waals surface area contributed by atoms with E-state index in [1.54, 1.807) is 19.1 Å². The number of hydrogen-bond donors (Lipinski definition) is 1. The monoisotopic (exact) mass is 597 g/mol. The number of anilines is 1. The van der Waals surface area contributed by atoms with Crippen molar-refractivity contribution in [1.82, 2.24) is 10.2 Å². The Morgan fingerprint density at radius 1 is 1.11 bits per heavy atom. The largest absolute Gasteiger partial charge is 0.352 e. The maximum atomic E-state index is 13.6. The van der Waals surface area contributed by atoms with Gasteiger partial charge >= 0.3 is 0 Å². The van der Waals surface area contributed by atoms with E-state index < -0.39 is 28.5 Å². The Morgan fingerprint density at radius 3 is 2.33 bits per heavy atom.